The van der Waals surface area contributed by atoms with Gasteiger partial charge in [-0.25, -0.2) is 4.98 Å². The Morgan fingerprint density at radius 3 is 2.26 bits per heavy atom. The van der Waals surface area contributed by atoms with Crippen LogP contribution in [0.5, 0.6) is 0 Å². The minimum absolute atomic E-state index is 0.0658. The average molecular weight is 486 g/mol. The van der Waals surface area contributed by atoms with Crippen LogP contribution < -0.4 is 0 Å². The van der Waals surface area contributed by atoms with E-state index in [1.807, 2.05) is 23.1 Å². The Balaban J connectivity index is 1.28. The van der Waals surface area contributed by atoms with Crippen molar-refractivity contribution in [3.8, 4) is 0 Å². The first-order valence-corrected chi connectivity index (χ1v) is 14.9. The summed E-state index contributed by atoms with van der Waals surface area (Å²) in [4.78, 5) is 7.98. The van der Waals surface area contributed by atoms with Crippen molar-refractivity contribution >= 4 is 39.4 Å². The molecule has 2 heterocycles. The molecule has 0 atom stereocenters. The summed E-state index contributed by atoms with van der Waals surface area (Å²) in [6, 6.07) is 14.1. The fourth-order valence-corrected chi connectivity index (χ4v) is 8.28. The lowest BCUT2D eigenvalue weighted by atomic mass is 9.77. The van der Waals surface area contributed by atoms with Gasteiger partial charge in [-0.3, -0.25) is 0 Å². The van der Waals surface area contributed by atoms with Crippen molar-refractivity contribution in [3.63, 3.8) is 0 Å². The maximum absolute atomic E-state index is 5.12. The highest BCUT2D eigenvalue weighted by Crippen LogP contribution is 2.44. The van der Waals surface area contributed by atoms with Crippen molar-refractivity contribution in [2.45, 2.75) is 94.3 Å². The summed E-state index contributed by atoms with van der Waals surface area (Å²) >= 11 is 3.88. The molecule has 1 nitrogen and oxygen atoms in total. The number of aromatic nitrogens is 1. The van der Waals surface area contributed by atoms with E-state index in [1.165, 1.54) is 106 Å². The zero-order chi connectivity index (χ0) is 23.1. The fraction of sp³-hybridized carbons (Fsp3) is 0.484. The van der Waals surface area contributed by atoms with Crippen molar-refractivity contribution < 1.29 is 0 Å². The molecule has 0 saturated heterocycles. The van der Waals surface area contributed by atoms with Crippen molar-refractivity contribution in [3.05, 3.63) is 68.7 Å². The van der Waals surface area contributed by atoms with Crippen LogP contribution in [-0.4, -0.2) is 4.98 Å². The van der Waals surface area contributed by atoms with E-state index in [-0.39, 0.29) is 5.41 Å². The van der Waals surface area contributed by atoms with Gasteiger partial charge in [0.15, 0.2) is 0 Å². The summed E-state index contributed by atoms with van der Waals surface area (Å²) < 4.78 is 1.34. The van der Waals surface area contributed by atoms with E-state index >= 15 is 0 Å². The third-order valence-corrected chi connectivity index (χ3v) is 10.8. The molecule has 2 fully saturated rings. The molecule has 0 radical (unpaired) electrons. The molecule has 2 saturated carbocycles. The van der Waals surface area contributed by atoms with E-state index in [1.54, 1.807) is 0 Å². The van der Waals surface area contributed by atoms with Gasteiger partial charge in [0.1, 0.15) is 0 Å². The first-order valence-electron chi connectivity index (χ1n) is 13.3. The molecule has 0 N–H and O–H groups in total. The van der Waals surface area contributed by atoms with Gasteiger partial charge in [0.2, 0.25) is 0 Å². The van der Waals surface area contributed by atoms with Gasteiger partial charge in [-0.2, -0.15) is 0 Å². The van der Waals surface area contributed by atoms with Crippen LogP contribution in [0.15, 0.2) is 51.9 Å². The topological polar surface area (TPSA) is 12.9 Å². The number of rotatable bonds is 4. The minimum Gasteiger partial charge on any atom is -0.241 e. The molecule has 3 aromatic rings. The molecular formula is C31H35NS2. The largest absolute Gasteiger partial charge is 0.241 e. The zero-order valence-corrected chi connectivity index (χ0v) is 22.2. The van der Waals surface area contributed by atoms with Crippen LogP contribution >= 0.6 is 23.1 Å². The number of allylic oxidation sites excluding steroid dienone is 1. The molecule has 0 spiro atoms. The maximum atomic E-state index is 5.12. The average Bonchev–Trinajstić information content (AvgIpc) is 3.33. The van der Waals surface area contributed by atoms with E-state index in [4.69, 9.17) is 4.98 Å². The zero-order valence-electron chi connectivity index (χ0n) is 20.5. The molecule has 0 amide bonds. The van der Waals surface area contributed by atoms with Crippen LogP contribution in [-0.2, 0) is 5.41 Å². The molecule has 176 valence electrons. The molecule has 1 aliphatic heterocycles. The Hall–Kier alpha value is -1.80. The van der Waals surface area contributed by atoms with Gasteiger partial charge in [-0.05, 0) is 78.6 Å². The summed E-state index contributed by atoms with van der Waals surface area (Å²) in [5.41, 5.74) is 8.83. The van der Waals surface area contributed by atoms with Crippen LogP contribution in [0.2, 0.25) is 0 Å². The lowest BCUT2D eigenvalue weighted by Crippen LogP contribution is -2.19. The summed E-state index contributed by atoms with van der Waals surface area (Å²) in [7, 11) is 0. The number of hydrogen-bond donors (Lipinski definition) is 0. The summed E-state index contributed by atoms with van der Waals surface area (Å²) in [6.07, 6.45) is 15.8. The second-order valence-corrected chi connectivity index (χ2v) is 13.2. The highest BCUT2D eigenvalue weighted by atomic mass is 32.2. The van der Waals surface area contributed by atoms with Crippen LogP contribution in [0.4, 0.5) is 0 Å². The quantitative estimate of drug-likeness (QED) is 0.341. The maximum Gasteiger partial charge on any atom is 0.0969 e. The van der Waals surface area contributed by atoms with Crippen LogP contribution in [0, 0.1) is 5.92 Å². The standard InChI is InChI=1S/C31H35NS2/c1-31(2,25-15-18-29-26(20-25)32-30(34-29)22-11-7-4-8-12-22)24-14-17-28-23(19-24)13-16-27(33-28)21-9-5-3-6-10-21/h13-15,17-22H,3-12H2,1-2H3. The van der Waals surface area contributed by atoms with Crippen LogP contribution in [0.25, 0.3) is 16.3 Å². The number of thioether (sulfide) groups is 1. The summed E-state index contributed by atoms with van der Waals surface area (Å²) in [6.45, 7) is 4.71. The lowest BCUT2D eigenvalue weighted by molar-refractivity contribution is 0.415. The SMILES string of the molecule is CC(C)(c1ccc2c(c1)C=C=C(C1CCCCC1)S2)c1ccc2sc(C3CCCCC3)nc2c1. The van der Waals surface area contributed by atoms with E-state index < -0.39 is 0 Å². The van der Waals surface area contributed by atoms with E-state index in [0.29, 0.717) is 5.92 Å². The molecule has 6 rings (SSSR count). The Labute approximate surface area is 212 Å². The van der Waals surface area contributed by atoms with Gasteiger partial charge in [0.25, 0.3) is 0 Å². The fourth-order valence-electron chi connectivity index (χ4n) is 6.03. The van der Waals surface area contributed by atoms with Crippen LogP contribution in [0.1, 0.15) is 106 Å². The monoisotopic (exact) mass is 485 g/mol. The highest BCUT2D eigenvalue weighted by Gasteiger charge is 2.27. The summed E-state index contributed by atoms with van der Waals surface area (Å²) in [5.74, 6) is 1.40. The van der Waals surface area contributed by atoms with Crippen LogP contribution in [0.3, 0.4) is 0 Å². The summed E-state index contributed by atoms with van der Waals surface area (Å²) in [5, 5.41) is 1.36. The molecule has 0 bridgehead atoms. The predicted octanol–water partition coefficient (Wildman–Crippen LogP) is 9.85. The lowest BCUT2D eigenvalue weighted by Gasteiger charge is -2.28. The number of thiazole rings is 1. The third-order valence-electron chi connectivity index (χ3n) is 8.38. The van der Waals surface area contributed by atoms with Gasteiger partial charge < -0.3 is 0 Å². The minimum atomic E-state index is -0.0658. The van der Waals surface area contributed by atoms with E-state index in [2.05, 4.69) is 62.1 Å². The highest BCUT2D eigenvalue weighted by molar-refractivity contribution is 8.03. The predicted molar refractivity (Wildman–Crippen MR) is 148 cm³/mol. The molecular weight excluding hydrogens is 450 g/mol. The number of hydrogen-bond acceptors (Lipinski definition) is 3. The van der Waals surface area contributed by atoms with Crippen molar-refractivity contribution in [2.24, 2.45) is 5.92 Å². The number of benzene rings is 2. The van der Waals surface area contributed by atoms with Gasteiger partial charge >= 0.3 is 0 Å². The smallest absolute Gasteiger partial charge is 0.0969 e. The normalized spacial score (nSPS) is 19.9. The van der Waals surface area contributed by atoms with Gasteiger partial charge in [-0.15, -0.1) is 17.1 Å². The Kier molecular flexibility index (Phi) is 6.22. The van der Waals surface area contributed by atoms with E-state index in [0.717, 1.165) is 5.92 Å². The molecule has 3 aliphatic rings. The number of fused-ring (bicyclic) bond motifs is 2. The second kappa shape index (κ2) is 9.34. The second-order valence-electron chi connectivity index (χ2n) is 11.0. The molecule has 0 unspecified atom stereocenters. The third kappa shape index (κ3) is 4.32. The van der Waals surface area contributed by atoms with Crippen molar-refractivity contribution in [1.29, 1.82) is 0 Å². The number of nitrogens with zero attached hydrogens (tertiary/aromatic N) is 1. The Morgan fingerprint density at radius 1 is 0.824 bits per heavy atom. The molecule has 1 aromatic heterocycles. The van der Waals surface area contributed by atoms with Gasteiger partial charge in [0, 0.05) is 21.1 Å². The van der Waals surface area contributed by atoms with Gasteiger partial charge in [-0.1, -0.05) is 76.3 Å². The molecule has 3 heteroatoms. The van der Waals surface area contributed by atoms with Crippen molar-refractivity contribution in [2.75, 3.05) is 0 Å². The first-order chi connectivity index (χ1) is 16.6. The molecule has 2 aromatic carbocycles. The first kappa shape index (κ1) is 22.7. The van der Waals surface area contributed by atoms with Crippen molar-refractivity contribution in [1.82, 2.24) is 4.98 Å². The van der Waals surface area contributed by atoms with E-state index in [9.17, 15) is 0 Å². The Morgan fingerprint density at radius 2 is 1.50 bits per heavy atom. The van der Waals surface area contributed by atoms with Gasteiger partial charge in [0.05, 0.1) is 15.2 Å². The molecule has 2 aliphatic carbocycles. The molecule has 34 heavy (non-hydrogen) atoms. The Bertz CT molecular complexity index is 1260.